The van der Waals surface area contributed by atoms with Gasteiger partial charge in [0.1, 0.15) is 17.5 Å². The molecule has 0 saturated carbocycles. The minimum absolute atomic E-state index is 0.177. The highest BCUT2D eigenvalue weighted by Crippen LogP contribution is 2.27. The number of hydrogen-bond acceptors (Lipinski definition) is 5. The Bertz CT molecular complexity index is 1640. The molecule has 0 aliphatic carbocycles. The van der Waals surface area contributed by atoms with Crippen LogP contribution in [0.2, 0.25) is 0 Å². The van der Waals surface area contributed by atoms with E-state index in [4.69, 9.17) is 9.90 Å². The Morgan fingerprint density at radius 2 is 1.56 bits per heavy atom. The van der Waals surface area contributed by atoms with Crippen molar-refractivity contribution in [3.05, 3.63) is 83.4 Å². The van der Waals surface area contributed by atoms with Crippen LogP contribution in [0.4, 0.5) is 27.6 Å². The molecule has 4 aromatic rings. The van der Waals surface area contributed by atoms with Crippen LogP contribution in [0.3, 0.4) is 0 Å². The van der Waals surface area contributed by atoms with Crippen molar-refractivity contribution in [3.8, 4) is 11.4 Å². The van der Waals surface area contributed by atoms with Crippen LogP contribution in [0.25, 0.3) is 22.4 Å². The number of carboxylic acid groups (broad SMARTS) is 1. The van der Waals surface area contributed by atoms with Gasteiger partial charge in [-0.15, -0.1) is 0 Å². The summed E-state index contributed by atoms with van der Waals surface area (Å²) in [6, 6.07) is 15.6. The molecule has 1 aromatic heterocycles. The van der Waals surface area contributed by atoms with Crippen molar-refractivity contribution >= 4 is 34.5 Å². The first kappa shape index (κ1) is 32.7. The quantitative estimate of drug-likeness (QED) is 0.215. The van der Waals surface area contributed by atoms with Crippen molar-refractivity contribution in [1.29, 1.82) is 0 Å². The maximum absolute atomic E-state index is 13.6. The molecular formula is C29H28F5N5O4. The number of imidazole rings is 1. The summed E-state index contributed by atoms with van der Waals surface area (Å²) in [5.41, 5.74) is 4.20. The maximum atomic E-state index is 13.6. The highest BCUT2D eigenvalue weighted by atomic mass is 19.4. The number of halogens is 5. The van der Waals surface area contributed by atoms with Gasteiger partial charge in [-0.1, -0.05) is 12.1 Å². The van der Waals surface area contributed by atoms with Gasteiger partial charge in [0.25, 0.3) is 0 Å². The number of carbonyl (C=O) groups is 3. The number of hydrogen-bond donors (Lipinski definition) is 3. The molecular weight excluding hydrogens is 577 g/mol. The van der Waals surface area contributed by atoms with E-state index in [9.17, 15) is 31.5 Å². The fourth-order valence-electron chi connectivity index (χ4n) is 4.11. The van der Waals surface area contributed by atoms with Crippen molar-refractivity contribution < 1.29 is 41.4 Å². The Morgan fingerprint density at radius 3 is 2.12 bits per heavy atom. The van der Waals surface area contributed by atoms with Crippen molar-refractivity contribution in [2.24, 2.45) is 7.05 Å². The molecule has 0 bridgehead atoms. The van der Waals surface area contributed by atoms with E-state index in [2.05, 4.69) is 15.6 Å². The average molecular weight is 606 g/mol. The second-order valence-corrected chi connectivity index (χ2v) is 9.66. The summed E-state index contributed by atoms with van der Waals surface area (Å²) < 4.78 is 60.5. The number of likely N-dealkylation sites (N-methyl/N-ethyl adjacent to an activating group) is 1. The first-order chi connectivity index (χ1) is 20.1. The second kappa shape index (κ2) is 13.4. The van der Waals surface area contributed by atoms with Crippen LogP contribution in [0.5, 0.6) is 0 Å². The van der Waals surface area contributed by atoms with E-state index in [-0.39, 0.29) is 24.2 Å². The van der Waals surface area contributed by atoms with Crippen LogP contribution < -0.4 is 10.6 Å². The number of amides is 2. The standard InChI is InChI=1S/C27H27F2N5O2.C2HF3O2/c1-16-13-18(25-31-22-14-20(29)10-12-23(22)34(25)4)7-11-21(16)32-27(36)26(35)30-15-24(33(2)3)17-5-8-19(28)9-6-17;3-2(4,5)1(6)7/h5-14,24H,15H2,1-4H3,(H,30,35)(H,32,36);(H,6,7). The van der Waals surface area contributed by atoms with Crippen molar-refractivity contribution in [1.82, 2.24) is 19.8 Å². The van der Waals surface area contributed by atoms with E-state index in [0.29, 0.717) is 17.0 Å². The average Bonchev–Trinajstić information content (AvgIpc) is 3.25. The van der Waals surface area contributed by atoms with Crippen LogP contribution in [0.1, 0.15) is 17.2 Å². The number of carbonyl (C=O) groups excluding carboxylic acids is 2. The van der Waals surface area contributed by atoms with Gasteiger partial charge in [-0.05, 0) is 74.6 Å². The fraction of sp³-hybridized carbons (Fsp3) is 0.241. The zero-order valence-corrected chi connectivity index (χ0v) is 23.5. The highest BCUT2D eigenvalue weighted by Gasteiger charge is 2.38. The first-order valence-electron chi connectivity index (χ1n) is 12.6. The molecule has 2 amide bonds. The third kappa shape index (κ3) is 8.35. The van der Waals surface area contributed by atoms with Gasteiger partial charge in [0.05, 0.1) is 17.1 Å². The number of aromatic nitrogens is 2. The minimum atomic E-state index is -5.08. The van der Waals surface area contributed by atoms with Crippen LogP contribution in [-0.4, -0.2) is 64.2 Å². The second-order valence-electron chi connectivity index (χ2n) is 9.66. The Morgan fingerprint density at radius 1 is 0.953 bits per heavy atom. The van der Waals surface area contributed by atoms with Gasteiger partial charge in [0.2, 0.25) is 0 Å². The number of benzene rings is 3. The smallest absolute Gasteiger partial charge is 0.475 e. The number of anilines is 1. The number of rotatable bonds is 6. The normalized spacial score (nSPS) is 12.0. The third-order valence-corrected chi connectivity index (χ3v) is 6.36. The number of alkyl halides is 3. The van der Waals surface area contributed by atoms with E-state index in [1.165, 1.54) is 24.3 Å². The molecule has 14 heteroatoms. The lowest BCUT2D eigenvalue weighted by Crippen LogP contribution is -2.40. The molecule has 0 saturated heterocycles. The molecule has 0 fully saturated rings. The van der Waals surface area contributed by atoms with Crippen LogP contribution in [0.15, 0.2) is 60.7 Å². The molecule has 0 aliphatic heterocycles. The predicted octanol–water partition coefficient (Wildman–Crippen LogP) is 4.82. The molecule has 4 rings (SSSR count). The largest absolute Gasteiger partial charge is 0.490 e. The summed E-state index contributed by atoms with van der Waals surface area (Å²) in [7, 11) is 5.53. The molecule has 1 atom stereocenters. The van der Waals surface area contributed by atoms with Gasteiger partial charge in [-0.2, -0.15) is 13.2 Å². The maximum Gasteiger partial charge on any atom is 0.490 e. The summed E-state index contributed by atoms with van der Waals surface area (Å²) in [5, 5.41) is 12.4. The molecule has 3 N–H and O–H groups in total. The van der Waals surface area contributed by atoms with Gasteiger partial charge in [0.15, 0.2) is 0 Å². The predicted molar refractivity (Wildman–Crippen MR) is 149 cm³/mol. The fourth-order valence-corrected chi connectivity index (χ4v) is 4.11. The summed E-state index contributed by atoms with van der Waals surface area (Å²) in [6.07, 6.45) is -5.08. The van der Waals surface area contributed by atoms with Crippen molar-refractivity contribution in [2.75, 3.05) is 26.0 Å². The summed E-state index contributed by atoms with van der Waals surface area (Å²) >= 11 is 0. The third-order valence-electron chi connectivity index (χ3n) is 6.36. The highest BCUT2D eigenvalue weighted by molar-refractivity contribution is 6.39. The Balaban J connectivity index is 0.000000646. The summed E-state index contributed by atoms with van der Waals surface area (Å²) in [5.74, 6) is -4.36. The summed E-state index contributed by atoms with van der Waals surface area (Å²) in [4.78, 5) is 40.3. The first-order valence-corrected chi connectivity index (χ1v) is 12.6. The minimum Gasteiger partial charge on any atom is -0.475 e. The molecule has 43 heavy (non-hydrogen) atoms. The molecule has 0 radical (unpaired) electrons. The number of aliphatic carboxylic acids is 1. The lowest BCUT2D eigenvalue weighted by Gasteiger charge is -2.25. The van der Waals surface area contributed by atoms with E-state index in [1.54, 1.807) is 30.3 Å². The molecule has 9 nitrogen and oxygen atoms in total. The zero-order chi connectivity index (χ0) is 32.1. The molecule has 1 heterocycles. The van der Waals surface area contributed by atoms with Gasteiger partial charge in [0, 0.05) is 30.9 Å². The van der Waals surface area contributed by atoms with Crippen molar-refractivity contribution in [2.45, 2.75) is 19.1 Å². The van der Waals surface area contributed by atoms with E-state index < -0.39 is 24.0 Å². The topological polar surface area (TPSA) is 117 Å². The zero-order valence-electron chi connectivity index (χ0n) is 23.5. The Labute approximate surface area is 242 Å². The molecule has 0 spiro atoms. The molecule has 228 valence electrons. The van der Waals surface area contributed by atoms with Crippen LogP contribution >= 0.6 is 0 Å². The van der Waals surface area contributed by atoms with E-state index >= 15 is 0 Å². The van der Waals surface area contributed by atoms with Gasteiger partial charge in [-0.3, -0.25) is 9.59 Å². The van der Waals surface area contributed by atoms with Gasteiger partial charge >= 0.3 is 24.0 Å². The number of fused-ring (bicyclic) bond motifs is 1. The lowest BCUT2D eigenvalue weighted by atomic mass is 10.1. The van der Waals surface area contributed by atoms with Gasteiger partial charge < -0.3 is 25.2 Å². The number of nitrogens with zero attached hydrogens (tertiary/aromatic N) is 3. The number of carboxylic acids is 1. The molecule has 3 aromatic carbocycles. The Hall–Kier alpha value is -4.85. The molecule has 1 unspecified atom stereocenters. The SMILES string of the molecule is Cc1cc(-c2nc3cc(F)ccc3n2C)ccc1NC(=O)C(=O)NCC(c1ccc(F)cc1)N(C)C.O=C(O)C(F)(F)F. The van der Waals surface area contributed by atoms with E-state index in [1.807, 2.05) is 43.6 Å². The number of nitrogens with one attached hydrogen (secondary N) is 2. The lowest BCUT2D eigenvalue weighted by molar-refractivity contribution is -0.192. The Kier molecular flexibility index (Phi) is 10.2. The number of aryl methyl sites for hydroxylation is 2. The van der Waals surface area contributed by atoms with Gasteiger partial charge in [-0.25, -0.2) is 18.6 Å². The van der Waals surface area contributed by atoms with E-state index in [0.717, 1.165) is 22.2 Å². The summed E-state index contributed by atoms with van der Waals surface area (Å²) in [6.45, 7) is 1.99. The van der Waals surface area contributed by atoms with Crippen molar-refractivity contribution in [3.63, 3.8) is 0 Å². The van der Waals surface area contributed by atoms with Crippen LogP contribution in [-0.2, 0) is 21.4 Å². The molecule has 0 aliphatic rings. The monoisotopic (exact) mass is 605 g/mol. The van der Waals surface area contributed by atoms with Crippen LogP contribution in [0, 0.1) is 18.6 Å².